The number of rotatable bonds is 20. The highest BCUT2D eigenvalue weighted by Gasteiger charge is 2.22. The van der Waals surface area contributed by atoms with E-state index in [4.69, 9.17) is 35.5 Å². The van der Waals surface area contributed by atoms with E-state index >= 15 is 0 Å². The van der Waals surface area contributed by atoms with Crippen LogP contribution in [0.5, 0.6) is 5.75 Å². The molecule has 0 bridgehead atoms. The van der Waals surface area contributed by atoms with Gasteiger partial charge in [0.25, 0.3) is 5.91 Å². The Hall–Kier alpha value is -5.86. The summed E-state index contributed by atoms with van der Waals surface area (Å²) >= 11 is 0. The number of aromatic hydroxyl groups is 1. The Morgan fingerprint density at radius 2 is 1.57 bits per heavy atom. The highest BCUT2D eigenvalue weighted by atomic mass is 16.6. The Morgan fingerprint density at radius 3 is 2.30 bits per heavy atom. The monoisotopic (exact) mass is 826 g/mol. The van der Waals surface area contributed by atoms with Gasteiger partial charge in [-0.05, 0) is 41.3 Å². The molecule has 2 amide bonds. The van der Waals surface area contributed by atoms with Crippen LogP contribution in [0.2, 0.25) is 0 Å². The van der Waals surface area contributed by atoms with Gasteiger partial charge >= 0.3 is 0 Å². The predicted molar refractivity (Wildman–Crippen MR) is 222 cm³/mol. The molecule has 5 heterocycles. The number of nitrogens with zero attached hydrogens (tertiary/aromatic N) is 7. The van der Waals surface area contributed by atoms with Crippen LogP contribution in [0.3, 0.4) is 0 Å². The number of nitrogens with two attached hydrogens (primary N) is 2. The maximum absolute atomic E-state index is 13.0. The first-order chi connectivity index (χ1) is 29.3. The molecule has 3 aliphatic rings. The first-order valence-electron chi connectivity index (χ1n) is 20.3. The molecular weight excluding hydrogens is 773 g/mol. The van der Waals surface area contributed by atoms with Crippen LogP contribution in [-0.2, 0) is 43.3 Å². The fraction of sp³-hybridized carbons (Fsp3) is 0.463. The first-order valence-corrected chi connectivity index (χ1v) is 20.3. The molecule has 2 aromatic heterocycles. The van der Waals surface area contributed by atoms with Gasteiger partial charge < -0.3 is 61.3 Å². The van der Waals surface area contributed by atoms with E-state index in [-0.39, 0.29) is 23.3 Å². The second-order valence-electron chi connectivity index (χ2n) is 14.5. The normalized spacial score (nSPS) is 14.9. The summed E-state index contributed by atoms with van der Waals surface area (Å²) in [7, 11) is 0. The van der Waals surface area contributed by atoms with Crippen LogP contribution >= 0.6 is 0 Å². The number of hydrogen-bond donors (Lipinski definition) is 6. The fourth-order valence-electron chi connectivity index (χ4n) is 7.14. The number of fused-ring (bicyclic) bond motifs is 2. The summed E-state index contributed by atoms with van der Waals surface area (Å²) in [5, 5.41) is 24.7. The lowest BCUT2D eigenvalue weighted by Crippen LogP contribution is -2.44. The number of benzene rings is 2. The molecule has 0 saturated carbocycles. The van der Waals surface area contributed by atoms with E-state index in [9.17, 15) is 14.7 Å². The zero-order chi connectivity index (χ0) is 41.7. The lowest BCUT2D eigenvalue weighted by molar-refractivity contribution is -0.133. The molecule has 0 aliphatic carbocycles. The molecule has 60 heavy (non-hydrogen) atoms. The van der Waals surface area contributed by atoms with Crippen molar-refractivity contribution >= 4 is 29.3 Å². The molecule has 4 aromatic rings. The number of ether oxygens (including phenoxy) is 4. The van der Waals surface area contributed by atoms with Gasteiger partial charge in [-0.15, -0.1) is 0 Å². The number of amides is 2. The van der Waals surface area contributed by atoms with E-state index < -0.39 is 0 Å². The minimum atomic E-state index is -0.239. The molecule has 0 unspecified atom stereocenters. The highest BCUT2D eigenvalue weighted by molar-refractivity contribution is 5.93. The second-order valence-corrected chi connectivity index (χ2v) is 14.5. The van der Waals surface area contributed by atoms with Crippen LogP contribution in [0.1, 0.15) is 33.5 Å². The number of phenols is 1. The van der Waals surface area contributed by atoms with Crippen molar-refractivity contribution in [2.75, 3.05) is 109 Å². The molecule has 7 rings (SSSR count). The summed E-state index contributed by atoms with van der Waals surface area (Å²) in [6.45, 7) is 8.99. The van der Waals surface area contributed by atoms with Crippen molar-refractivity contribution in [1.29, 1.82) is 0 Å². The van der Waals surface area contributed by atoms with Crippen molar-refractivity contribution in [3.8, 4) is 17.0 Å². The maximum atomic E-state index is 13.0. The van der Waals surface area contributed by atoms with Crippen LogP contribution in [0.15, 0.2) is 53.8 Å². The Balaban J connectivity index is 0.724. The topological polar surface area (TPSA) is 242 Å². The van der Waals surface area contributed by atoms with Crippen LogP contribution in [-0.4, -0.2) is 140 Å². The summed E-state index contributed by atoms with van der Waals surface area (Å²) < 4.78 is 24.2. The van der Waals surface area contributed by atoms with E-state index in [0.29, 0.717) is 126 Å². The minimum absolute atomic E-state index is 0.00714. The largest absolute Gasteiger partial charge is 0.506 e. The quantitative estimate of drug-likeness (QED) is 0.0358. The SMILES string of the molecule is NC1=c2c(-c3ccc(O)c(N)c3)nn(Cc3ccc4c(c3)CCN(C(=O)CCOCCOCCOCCOCCNC(=O)c3cnc(N5CCNCC5)nc3)C4)c2=NCN1. The number of hydrogen-bond acceptors (Lipinski definition) is 16. The van der Waals surface area contributed by atoms with Crippen molar-refractivity contribution in [2.24, 2.45) is 10.7 Å². The predicted octanol–water partition coefficient (Wildman–Crippen LogP) is -0.938. The Kier molecular flexibility index (Phi) is 14.7. The van der Waals surface area contributed by atoms with Crippen LogP contribution in [0, 0.1) is 0 Å². The van der Waals surface area contributed by atoms with Gasteiger partial charge in [0.1, 0.15) is 23.9 Å². The Labute approximate surface area is 347 Å². The number of phenolic OH excluding ortho intramolecular Hbond substituents is 1. The zero-order valence-corrected chi connectivity index (χ0v) is 33.7. The highest BCUT2D eigenvalue weighted by Crippen LogP contribution is 2.25. The molecule has 0 radical (unpaired) electrons. The molecule has 1 saturated heterocycles. The van der Waals surface area contributed by atoms with Crippen LogP contribution in [0.25, 0.3) is 17.1 Å². The van der Waals surface area contributed by atoms with Gasteiger partial charge in [0.15, 0.2) is 5.49 Å². The van der Waals surface area contributed by atoms with E-state index in [1.807, 2.05) is 9.58 Å². The lowest BCUT2D eigenvalue weighted by Gasteiger charge is -2.29. The molecule has 0 atom stereocenters. The van der Waals surface area contributed by atoms with E-state index in [2.05, 4.69) is 54.0 Å². The molecular formula is C41H54N12O7. The standard InChI is InChI=1S/C41H54N12O7/c42-33-22-30(3-4-34(33)54)37-36-38(43)48-27-49-39(36)53(50-37)25-28-1-2-31-26-52(10-5-29(31)21-28)35(55)6-13-57-15-17-59-19-20-60-18-16-58-14-9-45-40(56)32-23-46-41(47-24-32)51-11-7-44-8-12-51/h1-4,21-24,44,48,54H,5-20,25-27,42-43H2,(H,45,56). The molecule has 8 N–H and O–H groups in total. The van der Waals surface area contributed by atoms with Gasteiger partial charge in [0.05, 0.1) is 82.3 Å². The number of carbonyl (C=O) groups is 2. The average Bonchev–Trinajstić information content (AvgIpc) is 3.65. The Bertz CT molecular complexity index is 2210. The van der Waals surface area contributed by atoms with E-state index in [1.54, 1.807) is 30.6 Å². The minimum Gasteiger partial charge on any atom is -0.506 e. The number of nitrogen functional groups attached to an aromatic ring is 1. The van der Waals surface area contributed by atoms with Gasteiger partial charge in [-0.2, -0.15) is 5.10 Å². The smallest absolute Gasteiger partial charge is 0.254 e. The molecule has 2 aromatic carbocycles. The third-order valence-electron chi connectivity index (χ3n) is 10.4. The molecule has 3 aliphatic heterocycles. The average molecular weight is 827 g/mol. The van der Waals surface area contributed by atoms with Gasteiger partial charge in [-0.1, -0.05) is 18.2 Å². The summed E-state index contributed by atoms with van der Waals surface area (Å²) in [5.74, 6) is 0.949. The van der Waals surface area contributed by atoms with Crippen molar-refractivity contribution in [3.05, 3.63) is 81.8 Å². The number of nitrogens with one attached hydrogen (secondary N) is 3. The molecule has 320 valence electrons. The maximum Gasteiger partial charge on any atom is 0.254 e. The molecule has 19 nitrogen and oxygen atoms in total. The Morgan fingerprint density at radius 1 is 0.850 bits per heavy atom. The number of anilines is 2. The molecule has 1 fully saturated rings. The van der Waals surface area contributed by atoms with Crippen molar-refractivity contribution in [2.45, 2.75) is 25.9 Å². The third-order valence-corrected chi connectivity index (χ3v) is 10.4. The third kappa shape index (κ3) is 11.0. The van der Waals surface area contributed by atoms with E-state index in [0.717, 1.165) is 49.3 Å². The summed E-state index contributed by atoms with van der Waals surface area (Å²) in [6, 6.07) is 11.3. The molecule has 0 spiro atoms. The zero-order valence-electron chi connectivity index (χ0n) is 33.7. The van der Waals surface area contributed by atoms with Gasteiger partial charge in [-0.3, -0.25) is 9.59 Å². The summed E-state index contributed by atoms with van der Waals surface area (Å²) in [5.41, 5.74) is 18.4. The van der Waals surface area contributed by atoms with Crippen molar-refractivity contribution < 1.29 is 33.6 Å². The van der Waals surface area contributed by atoms with Gasteiger partial charge in [-0.25, -0.2) is 19.6 Å². The lowest BCUT2D eigenvalue weighted by atomic mass is 9.97. The van der Waals surface area contributed by atoms with E-state index in [1.165, 1.54) is 5.56 Å². The number of carbonyl (C=O) groups excluding carboxylic acids is 2. The number of piperazine rings is 1. The number of aromatic nitrogens is 4. The second kappa shape index (κ2) is 20.9. The van der Waals surface area contributed by atoms with Gasteiger partial charge in [0.2, 0.25) is 11.9 Å². The van der Waals surface area contributed by atoms with Crippen LogP contribution < -0.4 is 43.0 Å². The summed E-state index contributed by atoms with van der Waals surface area (Å²) in [4.78, 5) is 42.6. The summed E-state index contributed by atoms with van der Waals surface area (Å²) in [6.07, 6.45) is 4.15. The van der Waals surface area contributed by atoms with Gasteiger partial charge in [0, 0.05) is 63.8 Å². The van der Waals surface area contributed by atoms with Crippen molar-refractivity contribution in [3.63, 3.8) is 0 Å². The van der Waals surface area contributed by atoms with Crippen molar-refractivity contribution in [1.82, 2.24) is 40.6 Å². The van der Waals surface area contributed by atoms with Crippen LogP contribution in [0.4, 0.5) is 11.6 Å². The first kappa shape index (κ1) is 42.3. The molecule has 19 heteroatoms. The fourth-order valence-corrected chi connectivity index (χ4v) is 7.14.